The summed E-state index contributed by atoms with van der Waals surface area (Å²) in [6, 6.07) is 7.64. The number of aryl methyl sites for hydroxylation is 2. The van der Waals surface area contributed by atoms with E-state index in [0.29, 0.717) is 24.7 Å². The van der Waals surface area contributed by atoms with Crippen molar-refractivity contribution in [2.45, 2.75) is 39.9 Å². The normalized spacial score (nSPS) is 17.1. The Morgan fingerprint density at radius 1 is 1.26 bits per heavy atom. The van der Waals surface area contributed by atoms with E-state index in [2.05, 4.69) is 22.3 Å². The van der Waals surface area contributed by atoms with Crippen LogP contribution >= 0.6 is 0 Å². The second-order valence-electron chi connectivity index (χ2n) is 8.72. The largest absolute Gasteiger partial charge is 0.491 e. The molecular formula is C25H33N5O4. The van der Waals surface area contributed by atoms with E-state index in [0.717, 1.165) is 52.7 Å². The number of benzene rings is 1. The smallest absolute Gasteiger partial charge is 0.162 e. The molecule has 182 valence electrons. The van der Waals surface area contributed by atoms with E-state index in [1.165, 1.54) is 0 Å². The Bertz CT molecular complexity index is 1110. The van der Waals surface area contributed by atoms with Gasteiger partial charge < -0.3 is 29.3 Å². The minimum Gasteiger partial charge on any atom is -0.491 e. The molecule has 0 saturated carbocycles. The first kappa shape index (κ1) is 24.1. The number of aliphatic hydroxyl groups is 1. The fourth-order valence-electron chi connectivity index (χ4n) is 4.23. The lowest BCUT2D eigenvalue weighted by molar-refractivity contribution is 0.0529. The van der Waals surface area contributed by atoms with E-state index < -0.39 is 6.10 Å². The Morgan fingerprint density at radius 3 is 2.79 bits per heavy atom. The van der Waals surface area contributed by atoms with Gasteiger partial charge in [-0.2, -0.15) is 0 Å². The molecule has 0 bridgehead atoms. The molecule has 4 rings (SSSR count). The molecule has 1 fully saturated rings. The molecule has 1 aliphatic heterocycles. The number of nitrogens with zero attached hydrogens (tertiary/aromatic N) is 4. The van der Waals surface area contributed by atoms with E-state index in [4.69, 9.17) is 24.0 Å². The third kappa shape index (κ3) is 5.22. The monoisotopic (exact) mass is 467 g/mol. The van der Waals surface area contributed by atoms with Crippen molar-refractivity contribution >= 4 is 5.82 Å². The van der Waals surface area contributed by atoms with Gasteiger partial charge in [-0.25, -0.2) is 9.97 Å². The van der Waals surface area contributed by atoms with Crippen molar-refractivity contribution in [1.82, 2.24) is 20.4 Å². The third-order valence-electron chi connectivity index (χ3n) is 5.91. The van der Waals surface area contributed by atoms with Gasteiger partial charge in [-0.1, -0.05) is 17.3 Å². The lowest BCUT2D eigenvalue weighted by Gasteiger charge is -2.33. The van der Waals surface area contributed by atoms with Crippen LogP contribution in [0.3, 0.4) is 0 Å². The number of nitrogens with one attached hydrogen (secondary N) is 1. The molecule has 1 saturated heterocycles. The van der Waals surface area contributed by atoms with Crippen LogP contribution in [0.2, 0.25) is 0 Å². The highest BCUT2D eigenvalue weighted by Gasteiger charge is 2.25. The number of hydrogen-bond acceptors (Lipinski definition) is 9. The summed E-state index contributed by atoms with van der Waals surface area (Å²) in [4.78, 5) is 12.2. The predicted octanol–water partition coefficient (Wildman–Crippen LogP) is 2.91. The maximum atomic E-state index is 9.98. The van der Waals surface area contributed by atoms with Crippen molar-refractivity contribution in [3.63, 3.8) is 0 Å². The van der Waals surface area contributed by atoms with Crippen LogP contribution in [0.15, 0.2) is 28.8 Å². The summed E-state index contributed by atoms with van der Waals surface area (Å²) in [7, 11) is 1.79. The zero-order chi connectivity index (χ0) is 24.2. The number of likely N-dealkylation sites (N-methyl/N-ethyl adjacent to an activating group) is 1. The molecule has 0 radical (unpaired) electrons. The zero-order valence-electron chi connectivity index (χ0n) is 20.5. The third-order valence-corrected chi connectivity index (χ3v) is 5.91. The molecule has 9 nitrogen and oxygen atoms in total. The van der Waals surface area contributed by atoms with Gasteiger partial charge in [0.15, 0.2) is 5.82 Å². The van der Waals surface area contributed by atoms with E-state index in [1.807, 2.05) is 45.0 Å². The highest BCUT2D eigenvalue weighted by molar-refractivity contribution is 5.75. The maximum absolute atomic E-state index is 9.98. The number of aliphatic hydroxyl groups excluding tert-OH is 1. The number of rotatable bonds is 8. The van der Waals surface area contributed by atoms with Crippen LogP contribution in [0.25, 0.3) is 22.6 Å². The molecule has 0 aliphatic carbocycles. The molecule has 0 amide bonds. The maximum Gasteiger partial charge on any atom is 0.162 e. The lowest BCUT2D eigenvalue weighted by Crippen LogP contribution is -2.42. The average molecular weight is 468 g/mol. The van der Waals surface area contributed by atoms with Crippen molar-refractivity contribution in [2.75, 3.05) is 44.8 Å². The number of ether oxygens (including phenoxy) is 2. The first-order valence-corrected chi connectivity index (χ1v) is 11.6. The van der Waals surface area contributed by atoms with E-state index >= 15 is 0 Å². The van der Waals surface area contributed by atoms with E-state index in [9.17, 15) is 5.11 Å². The summed E-state index contributed by atoms with van der Waals surface area (Å²) in [5.74, 6) is 2.85. The molecule has 2 N–H and O–H groups in total. The topological polar surface area (TPSA) is 106 Å². The lowest BCUT2D eigenvalue weighted by atomic mass is 10.0. The summed E-state index contributed by atoms with van der Waals surface area (Å²) in [5, 5.41) is 17.1. The predicted molar refractivity (Wildman–Crippen MR) is 130 cm³/mol. The molecule has 3 heterocycles. The standard InChI is InChI=1S/C25H33N5O4/c1-15-13-30(9-10-32-15)25-16(2)23(22-17(3)29-34-18(22)4)27-24(28-25)19-7-6-8-21(11-19)33-14-20(31)12-26-5/h6-8,11,15,20,26,31H,9-10,12-14H2,1-5H3. The molecule has 3 aromatic rings. The first-order valence-electron chi connectivity index (χ1n) is 11.6. The Hall–Kier alpha value is -3.01. The number of morpholine rings is 1. The van der Waals surface area contributed by atoms with Gasteiger partial charge in [0, 0.05) is 30.8 Å². The van der Waals surface area contributed by atoms with Gasteiger partial charge in [-0.3, -0.25) is 0 Å². The number of aromatic nitrogens is 3. The fraction of sp³-hybridized carbons (Fsp3) is 0.480. The SMILES string of the molecule is CNCC(O)COc1cccc(-c2nc(-c3c(C)noc3C)c(C)c(N3CCOC(C)C3)n2)c1. The van der Waals surface area contributed by atoms with Crippen molar-refractivity contribution in [1.29, 1.82) is 0 Å². The second-order valence-corrected chi connectivity index (χ2v) is 8.72. The van der Waals surface area contributed by atoms with Gasteiger partial charge in [0.25, 0.3) is 0 Å². The molecule has 0 spiro atoms. The van der Waals surface area contributed by atoms with Gasteiger partial charge in [0.1, 0.15) is 30.0 Å². The minimum atomic E-state index is -0.592. The number of hydrogen-bond donors (Lipinski definition) is 2. The molecule has 2 atom stereocenters. The van der Waals surface area contributed by atoms with Crippen molar-refractivity contribution in [2.24, 2.45) is 0 Å². The Morgan fingerprint density at radius 2 is 2.09 bits per heavy atom. The van der Waals surface area contributed by atoms with Gasteiger partial charge in [0.05, 0.1) is 29.7 Å². The van der Waals surface area contributed by atoms with Crippen LogP contribution in [-0.2, 0) is 4.74 Å². The number of anilines is 1. The molecule has 9 heteroatoms. The molecule has 2 unspecified atom stereocenters. The minimum absolute atomic E-state index is 0.120. The zero-order valence-corrected chi connectivity index (χ0v) is 20.5. The second kappa shape index (κ2) is 10.5. The quantitative estimate of drug-likeness (QED) is 0.517. The van der Waals surface area contributed by atoms with E-state index in [-0.39, 0.29) is 12.7 Å². The molecule has 1 aliphatic rings. The molecule has 34 heavy (non-hydrogen) atoms. The summed E-state index contributed by atoms with van der Waals surface area (Å²) >= 11 is 0. The molecular weight excluding hydrogens is 434 g/mol. The average Bonchev–Trinajstić information content (AvgIpc) is 3.16. The fourth-order valence-corrected chi connectivity index (χ4v) is 4.23. The highest BCUT2D eigenvalue weighted by atomic mass is 16.5. The van der Waals surface area contributed by atoms with Gasteiger partial charge in [0.2, 0.25) is 0 Å². The van der Waals surface area contributed by atoms with Crippen molar-refractivity contribution in [3.05, 3.63) is 41.3 Å². The summed E-state index contributed by atoms with van der Waals surface area (Å²) in [5.41, 5.74) is 4.31. The van der Waals surface area contributed by atoms with Crippen LogP contribution in [0.5, 0.6) is 5.75 Å². The van der Waals surface area contributed by atoms with Crippen LogP contribution < -0.4 is 15.0 Å². The highest BCUT2D eigenvalue weighted by Crippen LogP contribution is 2.35. The first-order chi connectivity index (χ1) is 16.4. The van der Waals surface area contributed by atoms with Crippen LogP contribution in [-0.4, -0.2) is 72.3 Å². The van der Waals surface area contributed by atoms with Crippen molar-refractivity contribution in [3.8, 4) is 28.4 Å². The Kier molecular flexibility index (Phi) is 7.45. The Labute approximate surface area is 200 Å². The van der Waals surface area contributed by atoms with Crippen molar-refractivity contribution < 1.29 is 19.1 Å². The van der Waals surface area contributed by atoms with Gasteiger partial charge in [-0.05, 0) is 46.9 Å². The van der Waals surface area contributed by atoms with Crippen LogP contribution in [0, 0.1) is 20.8 Å². The van der Waals surface area contributed by atoms with Gasteiger partial charge >= 0.3 is 0 Å². The summed E-state index contributed by atoms with van der Waals surface area (Å²) in [6.45, 7) is 10.8. The van der Waals surface area contributed by atoms with Crippen LogP contribution in [0.4, 0.5) is 5.82 Å². The summed E-state index contributed by atoms with van der Waals surface area (Å²) in [6.07, 6.45) is -0.472. The Balaban J connectivity index is 1.76. The molecule has 2 aromatic heterocycles. The van der Waals surface area contributed by atoms with Crippen LogP contribution in [0.1, 0.15) is 23.9 Å². The summed E-state index contributed by atoms with van der Waals surface area (Å²) < 4.78 is 17.0. The van der Waals surface area contributed by atoms with E-state index in [1.54, 1.807) is 7.05 Å². The van der Waals surface area contributed by atoms with Gasteiger partial charge in [-0.15, -0.1) is 0 Å². The molecule has 1 aromatic carbocycles.